The van der Waals surface area contributed by atoms with E-state index >= 15 is 0 Å². The standard InChI is InChI=1S/C22H30N4OS/c1-3-26-21(19-11-7-4-8-16(19)2)23-24-22(26)28-15-20(27)25-13-12-17-9-5-6-10-18(17)14-25/h4,7-8,11,17-18H,3,5-6,9-10,12-15H2,1-2H3/t17-,18-/m1/s1. The highest BCUT2D eigenvalue weighted by atomic mass is 32.2. The Morgan fingerprint density at radius 2 is 1.93 bits per heavy atom. The van der Waals surface area contributed by atoms with Crippen molar-refractivity contribution in [3.8, 4) is 11.4 Å². The lowest BCUT2D eigenvalue weighted by Crippen LogP contribution is -2.45. The minimum atomic E-state index is 0.247. The second-order valence-corrected chi connectivity index (χ2v) is 9.03. The quantitative estimate of drug-likeness (QED) is 0.700. The van der Waals surface area contributed by atoms with Gasteiger partial charge in [0, 0.05) is 25.2 Å². The molecule has 1 aromatic heterocycles. The van der Waals surface area contributed by atoms with Crippen LogP contribution in [-0.4, -0.2) is 44.4 Å². The SMILES string of the molecule is CCn1c(SCC(=O)N2CC[C@H]3CCCC[C@@H]3C2)nnc1-c1ccccc1C. The Morgan fingerprint density at radius 1 is 1.14 bits per heavy atom. The van der Waals surface area contributed by atoms with Crippen molar-refractivity contribution in [2.75, 3.05) is 18.8 Å². The van der Waals surface area contributed by atoms with E-state index in [4.69, 9.17) is 0 Å². The Kier molecular flexibility index (Phi) is 6.04. The number of fused-ring (bicyclic) bond motifs is 1. The van der Waals surface area contributed by atoms with E-state index in [1.807, 2.05) is 12.1 Å². The van der Waals surface area contributed by atoms with Gasteiger partial charge in [0.15, 0.2) is 11.0 Å². The molecule has 0 radical (unpaired) electrons. The smallest absolute Gasteiger partial charge is 0.233 e. The molecule has 2 fully saturated rings. The zero-order valence-electron chi connectivity index (χ0n) is 16.9. The summed E-state index contributed by atoms with van der Waals surface area (Å²) in [5.74, 6) is 3.16. The van der Waals surface area contributed by atoms with Crippen LogP contribution in [-0.2, 0) is 11.3 Å². The number of amides is 1. The van der Waals surface area contributed by atoms with Crippen LogP contribution in [0.3, 0.4) is 0 Å². The summed E-state index contributed by atoms with van der Waals surface area (Å²) in [5.41, 5.74) is 2.29. The number of benzene rings is 1. The van der Waals surface area contributed by atoms with Crippen LogP contribution in [0.1, 0.15) is 44.6 Å². The molecule has 1 aliphatic heterocycles. The second kappa shape index (κ2) is 8.68. The molecule has 2 heterocycles. The van der Waals surface area contributed by atoms with Gasteiger partial charge in [0.05, 0.1) is 5.75 Å². The molecular weight excluding hydrogens is 368 g/mol. The fourth-order valence-electron chi connectivity index (χ4n) is 4.75. The first-order valence-corrected chi connectivity index (χ1v) is 11.6. The number of rotatable bonds is 5. The molecule has 2 aliphatic rings. The molecule has 1 amide bonds. The predicted molar refractivity (Wildman–Crippen MR) is 113 cm³/mol. The summed E-state index contributed by atoms with van der Waals surface area (Å²) in [4.78, 5) is 14.9. The molecule has 0 spiro atoms. The van der Waals surface area contributed by atoms with E-state index in [-0.39, 0.29) is 5.91 Å². The van der Waals surface area contributed by atoms with Crippen molar-refractivity contribution in [2.45, 2.75) is 57.7 Å². The molecule has 0 bridgehead atoms. The average molecular weight is 399 g/mol. The summed E-state index contributed by atoms with van der Waals surface area (Å²) in [7, 11) is 0. The van der Waals surface area contributed by atoms with Gasteiger partial charge in [-0.3, -0.25) is 4.79 Å². The van der Waals surface area contributed by atoms with Gasteiger partial charge in [0.2, 0.25) is 5.91 Å². The van der Waals surface area contributed by atoms with Crippen LogP contribution in [0.5, 0.6) is 0 Å². The number of hydrogen-bond acceptors (Lipinski definition) is 4. The van der Waals surface area contributed by atoms with Crippen LogP contribution >= 0.6 is 11.8 Å². The molecule has 5 nitrogen and oxygen atoms in total. The van der Waals surface area contributed by atoms with E-state index < -0.39 is 0 Å². The number of aryl methyl sites for hydroxylation is 1. The summed E-state index contributed by atoms with van der Waals surface area (Å²) in [6, 6.07) is 8.24. The Balaban J connectivity index is 1.41. The molecule has 4 rings (SSSR count). The number of carbonyl (C=O) groups is 1. The van der Waals surface area contributed by atoms with Gasteiger partial charge in [-0.25, -0.2) is 0 Å². The first-order chi connectivity index (χ1) is 13.7. The topological polar surface area (TPSA) is 51.0 Å². The highest BCUT2D eigenvalue weighted by molar-refractivity contribution is 7.99. The second-order valence-electron chi connectivity index (χ2n) is 8.09. The molecule has 150 valence electrons. The maximum absolute atomic E-state index is 12.8. The van der Waals surface area contributed by atoms with Crippen molar-refractivity contribution in [1.82, 2.24) is 19.7 Å². The molecule has 6 heteroatoms. The molecule has 28 heavy (non-hydrogen) atoms. The lowest BCUT2D eigenvalue weighted by Gasteiger charge is -2.41. The fraction of sp³-hybridized carbons (Fsp3) is 0.591. The number of thioether (sulfide) groups is 1. The Morgan fingerprint density at radius 3 is 2.71 bits per heavy atom. The van der Waals surface area contributed by atoms with Crippen molar-refractivity contribution in [2.24, 2.45) is 11.8 Å². The van der Waals surface area contributed by atoms with Gasteiger partial charge < -0.3 is 9.47 Å². The van der Waals surface area contributed by atoms with Crippen molar-refractivity contribution in [3.63, 3.8) is 0 Å². The number of likely N-dealkylation sites (tertiary alicyclic amines) is 1. The van der Waals surface area contributed by atoms with Crippen molar-refractivity contribution < 1.29 is 4.79 Å². The molecule has 1 aliphatic carbocycles. The number of aromatic nitrogens is 3. The van der Waals surface area contributed by atoms with Crippen LogP contribution in [0, 0.1) is 18.8 Å². The van der Waals surface area contributed by atoms with Gasteiger partial charge in [0.1, 0.15) is 0 Å². The lowest BCUT2D eigenvalue weighted by molar-refractivity contribution is -0.131. The van der Waals surface area contributed by atoms with Gasteiger partial charge in [0.25, 0.3) is 0 Å². The van der Waals surface area contributed by atoms with Gasteiger partial charge in [-0.15, -0.1) is 10.2 Å². The maximum Gasteiger partial charge on any atom is 0.233 e. The van der Waals surface area contributed by atoms with Crippen LogP contribution in [0.4, 0.5) is 0 Å². The first-order valence-electron chi connectivity index (χ1n) is 10.6. The fourth-order valence-corrected chi connectivity index (χ4v) is 5.65. The summed E-state index contributed by atoms with van der Waals surface area (Å²) in [6.45, 7) is 6.87. The summed E-state index contributed by atoms with van der Waals surface area (Å²) in [6.07, 6.45) is 6.55. The van der Waals surface area contributed by atoms with Gasteiger partial charge in [-0.1, -0.05) is 55.3 Å². The highest BCUT2D eigenvalue weighted by Crippen LogP contribution is 2.36. The molecule has 1 saturated heterocycles. The monoisotopic (exact) mass is 398 g/mol. The summed E-state index contributed by atoms with van der Waals surface area (Å²) in [5, 5.41) is 9.66. The highest BCUT2D eigenvalue weighted by Gasteiger charge is 2.32. The van der Waals surface area contributed by atoms with Gasteiger partial charge in [-0.05, 0) is 44.1 Å². The minimum Gasteiger partial charge on any atom is -0.342 e. The zero-order valence-corrected chi connectivity index (χ0v) is 17.7. The molecule has 1 saturated carbocycles. The van der Waals surface area contributed by atoms with Crippen LogP contribution in [0.2, 0.25) is 0 Å². The van der Waals surface area contributed by atoms with E-state index in [0.29, 0.717) is 5.75 Å². The Bertz CT molecular complexity index is 834. The number of hydrogen-bond donors (Lipinski definition) is 0. The minimum absolute atomic E-state index is 0.247. The predicted octanol–water partition coefficient (Wildman–Crippen LogP) is 4.40. The van der Waals surface area contributed by atoms with E-state index in [1.54, 1.807) is 0 Å². The molecule has 2 atom stereocenters. The third-order valence-electron chi connectivity index (χ3n) is 6.39. The van der Waals surface area contributed by atoms with Crippen LogP contribution in [0.25, 0.3) is 11.4 Å². The summed E-state index contributed by atoms with van der Waals surface area (Å²) >= 11 is 1.52. The van der Waals surface area contributed by atoms with Crippen LogP contribution in [0.15, 0.2) is 29.4 Å². The number of nitrogens with zero attached hydrogens (tertiary/aromatic N) is 4. The molecule has 2 aromatic rings. The van der Waals surface area contributed by atoms with Crippen molar-refractivity contribution in [1.29, 1.82) is 0 Å². The van der Waals surface area contributed by atoms with Gasteiger partial charge >= 0.3 is 0 Å². The molecular formula is C22H30N4OS. The Labute approximate surface area is 171 Å². The number of piperidine rings is 1. The normalized spacial score (nSPS) is 22.1. The lowest BCUT2D eigenvalue weighted by atomic mass is 9.75. The molecule has 0 unspecified atom stereocenters. The third-order valence-corrected chi connectivity index (χ3v) is 7.34. The maximum atomic E-state index is 12.8. The number of carbonyl (C=O) groups excluding carboxylic acids is 1. The van der Waals surface area contributed by atoms with E-state index in [2.05, 4.69) is 45.6 Å². The zero-order chi connectivity index (χ0) is 19.5. The van der Waals surface area contributed by atoms with E-state index in [1.165, 1.54) is 49.4 Å². The van der Waals surface area contributed by atoms with Crippen molar-refractivity contribution >= 4 is 17.7 Å². The molecule has 1 aromatic carbocycles. The van der Waals surface area contributed by atoms with E-state index in [0.717, 1.165) is 48.0 Å². The molecule has 0 N–H and O–H groups in total. The summed E-state index contributed by atoms with van der Waals surface area (Å²) < 4.78 is 2.12. The Hall–Kier alpha value is -1.82. The third kappa shape index (κ3) is 3.97. The average Bonchev–Trinajstić information content (AvgIpc) is 3.14. The van der Waals surface area contributed by atoms with Crippen molar-refractivity contribution in [3.05, 3.63) is 29.8 Å². The first kappa shape index (κ1) is 19.5. The van der Waals surface area contributed by atoms with Crippen LogP contribution < -0.4 is 0 Å². The largest absolute Gasteiger partial charge is 0.342 e. The van der Waals surface area contributed by atoms with Gasteiger partial charge in [-0.2, -0.15) is 0 Å². The van der Waals surface area contributed by atoms with E-state index in [9.17, 15) is 4.79 Å².